The Hall–Kier alpha value is -1.29. The van der Waals surface area contributed by atoms with Crippen LogP contribution >= 0.6 is 0 Å². The van der Waals surface area contributed by atoms with Crippen molar-refractivity contribution >= 4 is 5.91 Å². The van der Waals surface area contributed by atoms with Crippen LogP contribution in [0.1, 0.15) is 50.3 Å². The van der Waals surface area contributed by atoms with Crippen LogP contribution in [0.15, 0.2) is 12.4 Å². The van der Waals surface area contributed by atoms with Crippen LogP contribution in [-0.4, -0.2) is 21.6 Å². The number of fused-ring (bicyclic) bond motifs is 1. The summed E-state index contributed by atoms with van der Waals surface area (Å²) < 4.78 is 1.89. The highest BCUT2D eigenvalue weighted by molar-refractivity contribution is 5.76. The number of hydrogen-bond acceptors (Lipinski definition) is 2. The van der Waals surface area contributed by atoms with E-state index in [2.05, 4.69) is 5.32 Å². The van der Waals surface area contributed by atoms with Gasteiger partial charge in [-0.05, 0) is 38.7 Å². The van der Waals surface area contributed by atoms with Crippen molar-refractivity contribution in [2.24, 2.45) is 0 Å². The summed E-state index contributed by atoms with van der Waals surface area (Å²) in [4.78, 5) is 11.7. The van der Waals surface area contributed by atoms with Crippen molar-refractivity contribution < 1.29 is 9.90 Å². The summed E-state index contributed by atoms with van der Waals surface area (Å²) in [6.07, 6.45) is 7.59. The zero-order chi connectivity index (χ0) is 13.1. The second kappa shape index (κ2) is 5.57. The van der Waals surface area contributed by atoms with Crippen molar-refractivity contribution in [3.05, 3.63) is 23.5 Å². The molecule has 0 saturated carbocycles. The molecule has 0 spiro atoms. The number of hydrogen-bond donors (Lipinski definition) is 2. The van der Waals surface area contributed by atoms with E-state index in [1.807, 2.05) is 30.8 Å². The SMILES string of the molecule is CC(C)NC(=O)Cn1cc2c(c1)C(O)CCCC2. The van der Waals surface area contributed by atoms with E-state index in [-0.39, 0.29) is 18.1 Å². The summed E-state index contributed by atoms with van der Waals surface area (Å²) in [6, 6.07) is 0.163. The van der Waals surface area contributed by atoms with Crippen LogP contribution in [-0.2, 0) is 17.8 Å². The van der Waals surface area contributed by atoms with Crippen molar-refractivity contribution in [3.63, 3.8) is 0 Å². The lowest BCUT2D eigenvalue weighted by Crippen LogP contribution is -2.32. The fourth-order valence-corrected chi connectivity index (χ4v) is 2.52. The van der Waals surface area contributed by atoms with Crippen LogP contribution in [0.3, 0.4) is 0 Å². The molecule has 0 aromatic carbocycles. The zero-order valence-corrected chi connectivity index (χ0v) is 11.1. The monoisotopic (exact) mass is 250 g/mol. The highest BCUT2D eigenvalue weighted by atomic mass is 16.3. The Balaban J connectivity index is 2.07. The van der Waals surface area contributed by atoms with Crippen LogP contribution < -0.4 is 5.32 Å². The Bertz CT molecular complexity index is 423. The fourth-order valence-electron chi connectivity index (χ4n) is 2.52. The topological polar surface area (TPSA) is 54.3 Å². The van der Waals surface area contributed by atoms with Crippen LogP contribution in [0, 0.1) is 0 Å². The number of aliphatic hydroxyl groups is 1. The number of aromatic nitrogens is 1. The number of rotatable bonds is 3. The van der Waals surface area contributed by atoms with Gasteiger partial charge in [0.15, 0.2) is 0 Å². The van der Waals surface area contributed by atoms with E-state index in [9.17, 15) is 9.90 Å². The Morgan fingerprint density at radius 2 is 2.28 bits per heavy atom. The number of carbonyl (C=O) groups is 1. The van der Waals surface area contributed by atoms with E-state index in [1.54, 1.807) is 0 Å². The second-order valence-corrected chi connectivity index (χ2v) is 5.39. The van der Waals surface area contributed by atoms with Crippen LogP contribution in [0.25, 0.3) is 0 Å². The Morgan fingerprint density at radius 1 is 1.50 bits per heavy atom. The lowest BCUT2D eigenvalue weighted by molar-refractivity contribution is -0.122. The maximum Gasteiger partial charge on any atom is 0.240 e. The lowest BCUT2D eigenvalue weighted by Gasteiger charge is -2.09. The maximum absolute atomic E-state index is 11.7. The van der Waals surface area contributed by atoms with Crippen molar-refractivity contribution in [2.75, 3.05) is 0 Å². The molecule has 1 aromatic rings. The van der Waals surface area contributed by atoms with E-state index in [4.69, 9.17) is 0 Å². The minimum Gasteiger partial charge on any atom is -0.388 e. The van der Waals surface area contributed by atoms with Crippen molar-refractivity contribution in [2.45, 2.75) is 58.2 Å². The third-order valence-electron chi connectivity index (χ3n) is 3.31. The molecule has 0 aliphatic heterocycles. The number of aryl methyl sites for hydroxylation is 1. The number of amides is 1. The zero-order valence-electron chi connectivity index (χ0n) is 11.1. The molecule has 0 fully saturated rings. The standard InChI is InChI=1S/C14H22N2O2/c1-10(2)15-14(18)9-16-7-11-5-3-4-6-13(17)12(11)8-16/h7-8,10,13,17H,3-6,9H2,1-2H3,(H,15,18). The summed E-state index contributed by atoms with van der Waals surface area (Å²) in [5.74, 6) is 0.0182. The third kappa shape index (κ3) is 3.13. The van der Waals surface area contributed by atoms with Gasteiger partial charge in [-0.15, -0.1) is 0 Å². The van der Waals surface area contributed by atoms with Crippen molar-refractivity contribution in [1.82, 2.24) is 9.88 Å². The Labute approximate surface area is 108 Å². The van der Waals surface area contributed by atoms with E-state index in [0.29, 0.717) is 6.54 Å². The van der Waals surface area contributed by atoms with Gasteiger partial charge in [0, 0.05) is 24.0 Å². The van der Waals surface area contributed by atoms with Crippen molar-refractivity contribution in [3.8, 4) is 0 Å². The number of carbonyl (C=O) groups excluding carboxylic acids is 1. The van der Waals surface area contributed by atoms with Gasteiger partial charge in [0.05, 0.1) is 6.10 Å². The van der Waals surface area contributed by atoms with Gasteiger partial charge in [-0.2, -0.15) is 0 Å². The summed E-state index contributed by atoms with van der Waals surface area (Å²) in [5, 5.41) is 12.9. The normalized spacial score (nSPS) is 19.4. The minimum atomic E-state index is -0.364. The molecule has 4 nitrogen and oxygen atoms in total. The summed E-state index contributed by atoms with van der Waals surface area (Å²) in [7, 11) is 0. The van der Waals surface area contributed by atoms with Gasteiger partial charge in [-0.3, -0.25) is 4.79 Å². The highest BCUT2D eigenvalue weighted by Gasteiger charge is 2.18. The molecule has 1 aliphatic rings. The molecule has 1 heterocycles. The van der Waals surface area contributed by atoms with E-state index >= 15 is 0 Å². The third-order valence-corrected chi connectivity index (χ3v) is 3.31. The summed E-state index contributed by atoms with van der Waals surface area (Å²) in [5.41, 5.74) is 2.20. The molecule has 4 heteroatoms. The van der Waals surface area contributed by atoms with Gasteiger partial charge in [-0.25, -0.2) is 0 Å². The number of nitrogens with zero attached hydrogens (tertiary/aromatic N) is 1. The van der Waals surface area contributed by atoms with E-state index in [1.165, 1.54) is 5.56 Å². The summed E-state index contributed by atoms with van der Waals surface area (Å²) in [6.45, 7) is 4.23. The first-order valence-corrected chi connectivity index (χ1v) is 6.72. The van der Waals surface area contributed by atoms with Crippen molar-refractivity contribution in [1.29, 1.82) is 0 Å². The van der Waals surface area contributed by atoms with Gasteiger partial charge in [-0.1, -0.05) is 6.42 Å². The molecule has 2 N–H and O–H groups in total. The molecule has 1 atom stereocenters. The lowest BCUT2D eigenvalue weighted by atomic mass is 10.1. The quantitative estimate of drug-likeness (QED) is 0.803. The number of aliphatic hydroxyl groups excluding tert-OH is 1. The van der Waals surface area contributed by atoms with Gasteiger partial charge >= 0.3 is 0 Å². The van der Waals surface area contributed by atoms with E-state index < -0.39 is 0 Å². The molecule has 1 amide bonds. The van der Waals surface area contributed by atoms with Crippen LogP contribution in [0.2, 0.25) is 0 Å². The predicted molar refractivity (Wildman–Crippen MR) is 70.2 cm³/mol. The highest BCUT2D eigenvalue weighted by Crippen LogP contribution is 2.29. The average molecular weight is 250 g/mol. The second-order valence-electron chi connectivity index (χ2n) is 5.39. The molecular formula is C14H22N2O2. The van der Waals surface area contributed by atoms with Crippen LogP contribution in [0.4, 0.5) is 0 Å². The Morgan fingerprint density at radius 3 is 3.00 bits per heavy atom. The first-order valence-electron chi connectivity index (χ1n) is 6.72. The van der Waals surface area contributed by atoms with Gasteiger partial charge in [0.2, 0.25) is 5.91 Å². The largest absolute Gasteiger partial charge is 0.388 e. The smallest absolute Gasteiger partial charge is 0.240 e. The van der Waals surface area contributed by atoms with Gasteiger partial charge in [0.1, 0.15) is 6.54 Å². The summed E-state index contributed by atoms with van der Waals surface area (Å²) >= 11 is 0. The Kier molecular flexibility index (Phi) is 4.07. The van der Waals surface area contributed by atoms with Crippen LogP contribution in [0.5, 0.6) is 0 Å². The average Bonchev–Trinajstić information content (AvgIpc) is 2.58. The molecule has 1 aromatic heterocycles. The molecule has 1 aliphatic carbocycles. The first-order chi connectivity index (χ1) is 8.56. The van der Waals surface area contributed by atoms with Gasteiger partial charge in [0.25, 0.3) is 0 Å². The molecule has 100 valence electrons. The maximum atomic E-state index is 11.7. The molecule has 0 radical (unpaired) electrons. The molecule has 18 heavy (non-hydrogen) atoms. The molecule has 1 unspecified atom stereocenters. The van der Waals surface area contributed by atoms with Gasteiger partial charge < -0.3 is 15.0 Å². The van der Waals surface area contributed by atoms with E-state index in [0.717, 1.165) is 31.2 Å². The molecular weight excluding hydrogens is 228 g/mol. The molecule has 0 bridgehead atoms. The first kappa shape index (κ1) is 13.1. The molecule has 2 rings (SSSR count). The predicted octanol–water partition coefficient (Wildman–Crippen LogP) is 1.77. The molecule has 0 saturated heterocycles. The minimum absolute atomic E-state index is 0.0182. The number of nitrogens with one attached hydrogen (secondary N) is 1. The fraction of sp³-hybridized carbons (Fsp3) is 0.643.